The minimum Gasteiger partial charge on any atom is -0.360 e. The smallest absolute Gasteiger partial charge is 0.171 e. The van der Waals surface area contributed by atoms with Gasteiger partial charge in [0.25, 0.3) is 0 Å². The molecule has 3 nitrogen and oxygen atoms in total. The number of piperidine rings is 1. The van der Waals surface area contributed by atoms with Crippen LogP contribution in [0, 0.1) is 0 Å². The zero-order valence-corrected chi connectivity index (χ0v) is 13.3. The highest BCUT2D eigenvalue weighted by Crippen LogP contribution is 2.16. The molecule has 1 aliphatic rings. The summed E-state index contributed by atoms with van der Waals surface area (Å²) in [7, 11) is 0. The number of nitrogens with one attached hydrogen (secondary N) is 2. The molecule has 1 aromatic rings. The Morgan fingerprint density at radius 3 is 2.60 bits per heavy atom. The number of nitrogens with zero attached hydrogens (tertiary/aromatic N) is 1. The van der Waals surface area contributed by atoms with Crippen LogP contribution in [0.15, 0.2) is 24.3 Å². The number of aryl methyl sites for hydroxylation is 1. The molecule has 0 amide bonds. The molecule has 1 saturated heterocycles. The number of hydrogen-bond donors (Lipinski definition) is 2. The fourth-order valence-corrected chi connectivity index (χ4v) is 2.96. The molecular weight excluding hydrogens is 266 g/mol. The summed E-state index contributed by atoms with van der Waals surface area (Å²) < 4.78 is 0. The minimum absolute atomic E-state index is 0.506. The molecule has 2 N–H and O–H groups in total. The number of likely N-dealkylation sites (tertiary alicyclic amines) is 1. The Balaban J connectivity index is 1.84. The van der Waals surface area contributed by atoms with E-state index >= 15 is 0 Å². The van der Waals surface area contributed by atoms with E-state index in [0.29, 0.717) is 6.04 Å². The van der Waals surface area contributed by atoms with Crippen molar-refractivity contribution in [2.24, 2.45) is 0 Å². The first-order valence-electron chi connectivity index (χ1n) is 7.60. The van der Waals surface area contributed by atoms with Crippen LogP contribution in [0.2, 0.25) is 0 Å². The van der Waals surface area contributed by atoms with Crippen molar-refractivity contribution in [2.75, 3.05) is 25.0 Å². The second-order valence-corrected chi connectivity index (χ2v) is 5.73. The van der Waals surface area contributed by atoms with Crippen LogP contribution in [-0.2, 0) is 6.42 Å². The molecule has 1 aliphatic heterocycles. The largest absolute Gasteiger partial charge is 0.360 e. The molecule has 0 radical (unpaired) electrons. The van der Waals surface area contributed by atoms with Crippen molar-refractivity contribution in [3.05, 3.63) is 29.8 Å². The molecule has 4 heteroatoms. The first-order chi connectivity index (χ1) is 9.72. The van der Waals surface area contributed by atoms with Crippen LogP contribution in [0.3, 0.4) is 0 Å². The summed E-state index contributed by atoms with van der Waals surface area (Å²) >= 11 is 5.45. The Morgan fingerprint density at radius 2 is 1.95 bits per heavy atom. The fourth-order valence-electron chi connectivity index (χ4n) is 2.69. The van der Waals surface area contributed by atoms with Crippen molar-refractivity contribution in [2.45, 2.75) is 39.2 Å². The normalized spacial score (nSPS) is 16.9. The van der Waals surface area contributed by atoms with Gasteiger partial charge in [0.15, 0.2) is 5.11 Å². The van der Waals surface area contributed by atoms with E-state index in [1.165, 1.54) is 31.5 Å². The number of anilines is 1. The number of hydrogen-bond acceptors (Lipinski definition) is 2. The maximum absolute atomic E-state index is 5.45. The third-order valence-electron chi connectivity index (χ3n) is 4.02. The third kappa shape index (κ3) is 4.18. The lowest BCUT2D eigenvalue weighted by atomic mass is 10.1. The summed E-state index contributed by atoms with van der Waals surface area (Å²) in [5, 5.41) is 7.55. The van der Waals surface area contributed by atoms with Gasteiger partial charge >= 0.3 is 0 Å². The summed E-state index contributed by atoms with van der Waals surface area (Å²) in [5.74, 6) is 0. The van der Waals surface area contributed by atoms with Gasteiger partial charge in [-0.15, -0.1) is 0 Å². The number of rotatable bonds is 4. The summed E-state index contributed by atoms with van der Waals surface area (Å²) in [6, 6.07) is 8.86. The monoisotopic (exact) mass is 291 g/mol. The summed E-state index contributed by atoms with van der Waals surface area (Å²) in [6.45, 7) is 7.88. The maximum Gasteiger partial charge on any atom is 0.171 e. The topological polar surface area (TPSA) is 27.3 Å². The van der Waals surface area contributed by atoms with Crippen molar-refractivity contribution in [1.29, 1.82) is 0 Å². The SMILES string of the molecule is CCc1ccccc1NC(=S)NC1CCN(CC)CC1. The molecule has 110 valence electrons. The average molecular weight is 291 g/mol. The van der Waals surface area contributed by atoms with Crippen LogP contribution >= 0.6 is 12.2 Å². The first-order valence-corrected chi connectivity index (χ1v) is 8.01. The first kappa shape index (κ1) is 15.3. The molecule has 0 unspecified atom stereocenters. The highest BCUT2D eigenvalue weighted by molar-refractivity contribution is 7.80. The molecule has 20 heavy (non-hydrogen) atoms. The van der Waals surface area contributed by atoms with Crippen LogP contribution in [0.5, 0.6) is 0 Å². The quantitative estimate of drug-likeness (QED) is 0.834. The predicted molar refractivity (Wildman–Crippen MR) is 90.3 cm³/mol. The van der Waals surface area contributed by atoms with Crippen molar-refractivity contribution in [3.8, 4) is 0 Å². The lowest BCUT2D eigenvalue weighted by Crippen LogP contribution is -2.45. The van der Waals surface area contributed by atoms with Crippen LogP contribution in [0.25, 0.3) is 0 Å². The molecule has 1 heterocycles. The summed E-state index contributed by atoms with van der Waals surface area (Å²) in [4.78, 5) is 2.49. The lowest BCUT2D eigenvalue weighted by Gasteiger charge is -2.32. The molecule has 0 atom stereocenters. The standard InChI is InChI=1S/C16H25N3S/c1-3-13-7-5-6-8-15(13)18-16(20)17-14-9-11-19(4-2)12-10-14/h5-8,14H,3-4,9-12H2,1-2H3,(H2,17,18,20). The van der Waals surface area contributed by atoms with Crippen LogP contribution in [-0.4, -0.2) is 35.7 Å². The molecule has 0 aromatic heterocycles. The van der Waals surface area contributed by atoms with E-state index in [9.17, 15) is 0 Å². The van der Waals surface area contributed by atoms with Gasteiger partial charge in [-0.2, -0.15) is 0 Å². The van der Waals surface area contributed by atoms with E-state index in [0.717, 1.165) is 23.8 Å². The number of para-hydroxylation sites is 1. The van der Waals surface area contributed by atoms with E-state index in [-0.39, 0.29) is 0 Å². The molecule has 0 spiro atoms. The van der Waals surface area contributed by atoms with E-state index in [1.54, 1.807) is 0 Å². The Kier molecular flexibility index (Phi) is 5.80. The van der Waals surface area contributed by atoms with E-state index in [4.69, 9.17) is 12.2 Å². The van der Waals surface area contributed by atoms with Gasteiger partial charge in [-0.05, 0) is 49.7 Å². The predicted octanol–water partition coefficient (Wildman–Crippen LogP) is 3.02. The average Bonchev–Trinajstić information content (AvgIpc) is 2.48. The Labute approximate surface area is 127 Å². The van der Waals surface area contributed by atoms with E-state index < -0.39 is 0 Å². The zero-order chi connectivity index (χ0) is 14.4. The Bertz CT molecular complexity index is 439. The molecule has 1 fully saturated rings. The summed E-state index contributed by atoms with van der Waals surface area (Å²) in [6.07, 6.45) is 3.36. The van der Waals surface area contributed by atoms with Crippen LogP contribution in [0.1, 0.15) is 32.3 Å². The lowest BCUT2D eigenvalue weighted by molar-refractivity contribution is 0.216. The number of thiocarbonyl (C=S) groups is 1. The van der Waals surface area contributed by atoms with Gasteiger partial charge < -0.3 is 15.5 Å². The van der Waals surface area contributed by atoms with Crippen molar-refractivity contribution in [3.63, 3.8) is 0 Å². The zero-order valence-electron chi connectivity index (χ0n) is 12.5. The van der Waals surface area contributed by atoms with Gasteiger partial charge in [0.1, 0.15) is 0 Å². The highest BCUT2D eigenvalue weighted by atomic mass is 32.1. The van der Waals surface area contributed by atoms with Gasteiger partial charge in [-0.25, -0.2) is 0 Å². The van der Waals surface area contributed by atoms with Crippen molar-refractivity contribution < 1.29 is 0 Å². The molecule has 0 aliphatic carbocycles. The number of benzene rings is 1. The molecule has 2 rings (SSSR count). The highest BCUT2D eigenvalue weighted by Gasteiger charge is 2.18. The Morgan fingerprint density at radius 1 is 1.25 bits per heavy atom. The van der Waals surface area contributed by atoms with E-state index in [1.807, 2.05) is 6.07 Å². The van der Waals surface area contributed by atoms with Gasteiger partial charge in [0, 0.05) is 24.8 Å². The van der Waals surface area contributed by atoms with Gasteiger partial charge in [0.2, 0.25) is 0 Å². The third-order valence-corrected chi connectivity index (χ3v) is 4.24. The maximum atomic E-state index is 5.45. The molecule has 1 aromatic carbocycles. The second kappa shape index (κ2) is 7.60. The van der Waals surface area contributed by atoms with Gasteiger partial charge in [-0.3, -0.25) is 0 Å². The molecule has 0 saturated carbocycles. The fraction of sp³-hybridized carbons (Fsp3) is 0.562. The van der Waals surface area contributed by atoms with Crippen molar-refractivity contribution in [1.82, 2.24) is 10.2 Å². The van der Waals surface area contributed by atoms with Gasteiger partial charge in [0.05, 0.1) is 0 Å². The van der Waals surface area contributed by atoms with Crippen LogP contribution < -0.4 is 10.6 Å². The van der Waals surface area contributed by atoms with Gasteiger partial charge in [-0.1, -0.05) is 32.0 Å². The Hall–Kier alpha value is -1.13. The van der Waals surface area contributed by atoms with Crippen LogP contribution in [0.4, 0.5) is 5.69 Å². The van der Waals surface area contributed by atoms with E-state index in [2.05, 4.69) is 47.6 Å². The molecule has 0 bridgehead atoms. The second-order valence-electron chi connectivity index (χ2n) is 5.32. The van der Waals surface area contributed by atoms with Crippen molar-refractivity contribution >= 4 is 23.0 Å². The minimum atomic E-state index is 0.506. The molecular formula is C16H25N3S. The summed E-state index contributed by atoms with van der Waals surface area (Å²) in [5.41, 5.74) is 2.43.